The van der Waals surface area contributed by atoms with Gasteiger partial charge in [0.05, 0.1) is 30.2 Å². The number of carbonyl (C=O) groups excluding carboxylic acids is 2. The molecule has 1 aromatic heterocycles. The van der Waals surface area contributed by atoms with Crippen molar-refractivity contribution in [2.75, 3.05) is 19.0 Å². The zero-order chi connectivity index (χ0) is 21.4. The molecule has 1 atom stereocenters. The zero-order valence-corrected chi connectivity index (χ0v) is 17.3. The van der Waals surface area contributed by atoms with Crippen LogP contribution in [0.2, 0.25) is 0 Å². The molecule has 2 aromatic carbocycles. The van der Waals surface area contributed by atoms with Gasteiger partial charge in [-0.25, -0.2) is 0 Å². The first-order valence-electron chi connectivity index (χ1n) is 9.52. The number of anilines is 1. The van der Waals surface area contributed by atoms with Crippen molar-refractivity contribution in [2.45, 2.75) is 16.8 Å². The smallest absolute Gasteiger partial charge is 0.307 e. The Bertz CT molecular complexity index is 1210. The third kappa shape index (κ3) is 3.66. The number of benzene rings is 2. The summed E-state index contributed by atoms with van der Waals surface area (Å²) in [5.74, 6) is 0.623. The molecule has 0 saturated heterocycles. The molecule has 1 N–H and O–H groups in total. The lowest BCUT2D eigenvalue weighted by atomic mass is 10.0. The van der Waals surface area contributed by atoms with Gasteiger partial charge in [0, 0.05) is 11.1 Å². The molecule has 31 heavy (non-hydrogen) atoms. The number of hydrogen-bond acceptors (Lipinski definition) is 8. The van der Waals surface area contributed by atoms with Gasteiger partial charge in [0.2, 0.25) is 5.16 Å². The summed E-state index contributed by atoms with van der Waals surface area (Å²) in [7, 11) is 1.36. The van der Waals surface area contributed by atoms with Crippen molar-refractivity contribution < 1.29 is 19.1 Å². The minimum absolute atomic E-state index is 0.0153. The molecule has 3 heterocycles. The van der Waals surface area contributed by atoms with E-state index in [-0.39, 0.29) is 30.2 Å². The fraction of sp³-hybridized carbons (Fsp3) is 0.190. The number of thioether (sulfide) groups is 1. The third-order valence-electron chi connectivity index (χ3n) is 4.89. The number of fused-ring (bicyclic) bond motifs is 2. The quantitative estimate of drug-likeness (QED) is 0.628. The lowest BCUT2D eigenvalue weighted by Gasteiger charge is -2.24. The number of carbonyl (C=O) groups is 2. The average Bonchev–Trinajstić information content (AvgIpc) is 3.21. The van der Waals surface area contributed by atoms with Gasteiger partial charge in [0.15, 0.2) is 12.4 Å². The van der Waals surface area contributed by atoms with Gasteiger partial charge in [-0.05, 0) is 18.2 Å². The van der Waals surface area contributed by atoms with Gasteiger partial charge < -0.3 is 14.8 Å². The Morgan fingerprint density at radius 2 is 2.06 bits per heavy atom. The molecule has 0 aliphatic carbocycles. The van der Waals surface area contributed by atoms with Crippen LogP contribution in [0.15, 0.2) is 58.8 Å². The zero-order valence-electron chi connectivity index (χ0n) is 16.4. The summed E-state index contributed by atoms with van der Waals surface area (Å²) in [5, 5.41) is 16.5. The highest BCUT2D eigenvalue weighted by molar-refractivity contribution is 8.00. The molecule has 10 heteroatoms. The van der Waals surface area contributed by atoms with Crippen molar-refractivity contribution in [1.29, 1.82) is 0 Å². The fourth-order valence-electron chi connectivity index (χ4n) is 3.41. The summed E-state index contributed by atoms with van der Waals surface area (Å²) >= 11 is 1.40. The molecule has 2 aliphatic heterocycles. The summed E-state index contributed by atoms with van der Waals surface area (Å²) in [6.45, 7) is -0.0153. The Hall–Kier alpha value is -3.66. The highest BCUT2D eigenvalue weighted by atomic mass is 32.2. The SMILES string of the molecule is COC(=O)CC1Sc2nnc(-c3ccccc3)n2N=C1c1ccc2c(c1)NC(=O)CO2. The second kappa shape index (κ2) is 7.88. The van der Waals surface area contributed by atoms with Crippen molar-refractivity contribution in [3.8, 4) is 17.1 Å². The van der Waals surface area contributed by atoms with Crippen LogP contribution in [0.4, 0.5) is 5.69 Å². The number of aromatic nitrogens is 3. The summed E-state index contributed by atoms with van der Waals surface area (Å²) in [6, 6.07) is 15.1. The van der Waals surface area contributed by atoms with E-state index in [1.54, 1.807) is 16.8 Å². The Kier molecular flexibility index (Phi) is 4.91. The molecule has 0 saturated carbocycles. The molecule has 0 fully saturated rings. The van der Waals surface area contributed by atoms with Crippen LogP contribution in [0, 0.1) is 0 Å². The summed E-state index contributed by atoms with van der Waals surface area (Å²) in [4.78, 5) is 23.8. The van der Waals surface area contributed by atoms with Crippen LogP contribution in [0.1, 0.15) is 12.0 Å². The first-order chi connectivity index (χ1) is 15.1. The Balaban J connectivity index is 1.60. The van der Waals surface area contributed by atoms with Gasteiger partial charge in [-0.1, -0.05) is 42.1 Å². The van der Waals surface area contributed by atoms with Crippen LogP contribution in [0.5, 0.6) is 5.75 Å². The van der Waals surface area contributed by atoms with Crippen LogP contribution in [-0.4, -0.2) is 51.4 Å². The molecule has 5 rings (SSSR count). The molecule has 0 spiro atoms. The highest BCUT2D eigenvalue weighted by Crippen LogP contribution is 2.36. The fourth-order valence-corrected chi connectivity index (χ4v) is 4.49. The van der Waals surface area contributed by atoms with Gasteiger partial charge in [-0.2, -0.15) is 9.78 Å². The molecule has 3 aromatic rings. The maximum Gasteiger partial charge on any atom is 0.307 e. The predicted molar refractivity (Wildman–Crippen MR) is 114 cm³/mol. The Morgan fingerprint density at radius 3 is 2.87 bits per heavy atom. The van der Waals surface area contributed by atoms with E-state index < -0.39 is 0 Å². The highest BCUT2D eigenvalue weighted by Gasteiger charge is 2.32. The summed E-state index contributed by atoms with van der Waals surface area (Å²) < 4.78 is 12.0. The van der Waals surface area contributed by atoms with Gasteiger partial charge in [0.1, 0.15) is 5.75 Å². The van der Waals surface area contributed by atoms with Crippen molar-refractivity contribution in [2.24, 2.45) is 5.10 Å². The van der Waals surface area contributed by atoms with Crippen molar-refractivity contribution in [3.63, 3.8) is 0 Å². The van der Waals surface area contributed by atoms with Crippen LogP contribution in [0.25, 0.3) is 11.4 Å². The number of amides is 1. The van der Waals surface area contributed by atoms with Gasteiger partial charge >= 0.3 is 5.97 Å². The number of rotatable bonds is 4. The summed E-state index contributed by atoms with van der Waals surface area (Å²) in [6.07, 6.45) is 0.119. The van der Waals surface area contributed by atoms with E-state index in [9.17, 15) is 9.59 Å². The summed E-state index contributed by atoms with van der Waals surface area (Å²) in [5.41, 5.74) is 2.85. The molecular weight excluding hydrogens is 418 g/mol. The maximum atomic E-state index is 12.1. The lowest BCUT2D eigenvalue weighted by molar-refractivity contribution is -0.140. The first kappa shape index (κ1) is 19.3. The van der Waals surface area contributed by atoms with E-state index in [2.05, 4.69) is 15.5 Å². The monoisotopic (exact) mass is 435 g/mol. The van der Waals surface area contributed by atoms with E-state index >= 15 is 0 Å². The molecule has 1 unspecified atom stereocenters. The van der Waals surface area contributed by atoms with E-state index in [0.717, 1.165) is 11.1 Å². The normalized spacial score (nSPS) is 17.0. The van der Waals surface area contributed by atoms with Crippen LogP contribution < -0.4 is 10.1 Å². The van der Waals surface area contributed by atoms with E-state index in [1.165, 1.54) is 18.9 Å². The number of hydrogen-bond donors (Lipinski definition) is 1. The average molecular weight is 435 g/mol. The number of ether oxygens (including phenoxy) is 2. The number of methoxy groups -OCH3 is 1. The van der Waals surface area contributed by atoms with E-state index in [1.807, 2.05) is 36.4 Å². The van der Waals surface area contributed by atoms with Crippen molar-refractivity contribution in [3.05, 3.63) is 54.1 Å². The van der Waals surface area contributed by atoms with E-state index in [4.69, 9.17) is 14.6 Å². The molecule has 9 nitrogen and oxygen atoms in total. The molecule has 0 radical (unpaired) electrons. The van der Waals surface area contributed by atoms with E-state index in [0.29, 0.717) is 28.1 Å². The largest absolute Gasteiger partial charge is 0.482 e. The predicted octanol–water partition coefficient (Wildman–Crippen LogP) is 2.57. The lowest BCUT2D eigenvalue weighted by Crippen LogP contribution is -2.29. The van der Waals surface area contributed by atoms with Crippen LogP contribution in [-0.2, 0) is 14.3 Å². The minimum Gasteiger partial charge on any atom is -0.482 e. The standard InChI is InChI=1S/C21H17N5O4S/c1-29-18(28)10-16-19(13-7-8-15-14(9-13)22-17(27)11-30-15)25-26-20(23-24-21(26)31-16)12-5-3-2-4-6-12/h2-9,16H,10-11H2,1H3,(H,22,27). The molecule has 156 valence electrons. The molecule has 0 bridgehead atoms. The van der Waals surface area contributed by atoms with Crippen molar-refractivity contribution in [1.82, 2.24) is 14.9 Å². The first-order valence-corrected chi connectivity index (χ1v) is 10.4. The maximum absolute atomic E-state index is 12.1. The minimum atomic E-state index is -0.351. The van der Waals surface area contributed by atoms with Crippen LogP contribution in [0.3, 0.4) is 0 Å². The Morgan fingerprint density at radius 1 is 1.23 bits per heavy atom. The van der Waals surface area contributed by atoms with Crippen molar-refractivity contribution >= 4 is 35.0 Å². The van der Waals surface area contributed by atoms with Gasteiger partial charge in [-0.15, -0.1) is 10.2 Å². The molecule has 1 amide bonds. The van der Waals surface area contributed by atoms with Gasteiger partial charge in [-0.3, -0.25) is 9.59 Å². The van der Waals surface area contributed by atoms with Gasteiger partial charge in [0.25, 0.3) is 5.91 Å². The molecular formula is C21H17N5O4S. The molecule has 2 aliphatic rings. The van der Waals surface area contributed by atoms with Crippen LogP contribution >= 0.6 is 11.8 Å². The second-order valence-electron chi connectivity index (χ2n) is 6.90. The number of nitrogens with one attached hydrogen (secondary N) is 1. The Labute approximate surface area is 181 Å². The third-order valence-corrected chi connectivity index (χ3v) is 6.03. The topological polar surface area (TPSA) is 108 Å². The number of esters is 1. The second-order valence-corrected chi connectivity index (χ2v) is 8.07. The number of nitrogens with zero attached hydrogens (tertiary/aromatic N) is 4.